The molecule has 8 nitrogen and oxygen atoms in total. The first-order chi connectivity index (χ1) is 16.7. The van der Waals surface area contributed by atoms with Gasteiger partial charge in [0.1, 0.15) is 5.75 Å². The zero-order valence-corrected chi connectivity index (χ0v) is 21.2. The first kappa shape index (κ1) is 25.2. The average molecular weight is 500 g/mol. The van der Waals surface area contributed by atoms with E-state index in [1.54, 1.807) is 36.3 Å². The molecule has 35 heavy (non-hydrogen) atoms. The molecule has 9 heteroatoms. The third-order valence-electron chi connectivity index (χ3n) is 7.06. The molecule has 0 spiro atoms. The van der Waals surface area contributed by atoms with E-state index in [0.29, 0.717) is 37.2 Å². The second-order valence-corrected chi connectivity index (χ2v) is 11.3. The summed E-state index contributed by atoms with van der Waals surface area (Å²) < 4.78 is 33.9. The molecule has 0 aromatic heterocycles. The average Bonchev–Trinajstić information content (AvgIpc) is 3.18. The van der Waals surface area contributed by atoms with Gasteiger partial charge in [-0.15, -0.1) is 0 Å². The van der Waals surface area contributed by atoms with E-state index in [-0.39, 0.29) is 34.6 Å². The molecule has 1 atom stereocenters. The molecule has 188 valence electrons. The number of nitrogens with zero attached hydrogens (tertiary/aromatic N) is 1. The molecule has 1 fully saturated rings. The van der Waals surface area contributed by atoms with E-state index in [0.717, 1.165) is 24.1 Å². The first-order valence-electron chi connectivity index (χ1n) is 12.1. The van der Waals surface area contributed by atoms with Gasteiger partial charge in [0.05, 0.1) is 17.7 Å². The van der Waals surface area contributed by atoms with Crippen molar-refractivity contribution in [2.45, 2.75) is 56.9 Å². The summed E-state index contributed by atoms with van der Waals surface area (Å²) >= 11 is 0. The van der Waals surface area contributed by atoms with Crippen molar-refractivity contribution in [1.29, 1.82) is 0 Å². The highest BCUT2D eigenvalue weighted by Crippen LogP contribution is 2.34. The van der Waals surface area contributed by atoms with Crippen molar-refractivity contribution in [3.05, 3.63) is 48.0 Å². The number of rotatable bonds is 7. The van der Waals surface area contributed by atoms with Crippen LogP contribution in [-0.4, -0.2) is 39.9 Å². The second-order valence-electron chi connectivity index (χ2n) is 9.49. The van der Waals surface area contributed by atoms with Gasteiger partial charge in [-0.1, -0.05) is 12.1 Å². The lowest BCUT2D eigenvalue weighted by molar-refractivity contribution is -0.121. The number of para-hydroxylation sites is 2. The first-order valence-corrected chi connectivity index (χ1v) is 13.5. The van der Waals surface area contributed by atoms with Gasteiger partial charge in [-0.25, -0.2) is 13.1 Å². The number of nitrogens with one attached hydrogen (secondary N) is 2. The van der Waals surface area contributed by atoms with Crippen LogP contribution < -0.4 is 19.7 Å². The molecule has 1 heterocycles. The minimum absolute atomic E-state index is 0.0174. The zero-order valence-electron chi connectivity index (χ0n) is 20.4. The van der Waals surface area contributed by atoms with Crippen LogP contribution in [0.15, 0.2) is 47.4 Å². The quantitative estimate of drug-likeness (QED) is 0.604. The number of sulfonamides is 1. The lowest BCUT2D eigenvalue weighted by Gasteiger charge is -2.28. The number of methoxy groups -OCH3 is 1. The van der Waals surface area contributed by atoms with E-state index in [4.69, 9.17) is 4.74 Å². The highest BCUT2D eigenvalue weighted by molar-refractivity contribution is 7.89. The Morgan fingerprint density at radius 1 is 1.09 bits per heavy atom. The molecule has 0 radical (unpaired) electrons. The Morgan fingerprint density at radius 2 is 1.80 bits per heavy atom. The third kappa shape index (κ3) is 5.51. The van der Waals surface area contributed by atoms with Crippen molar-refractivity contribution < 1.29 is 22.7 Å². The Morgan fingerprint density at radius 3 is 2.49 bits per heavy atom. The Balaban J connectivity index is 1.30. The van der Waals surface area contributed by atoms with E-state index < -0.39 is 10.0 Å². The summed E-state index contributed by atoms with van der Waals surface area (Å²) in [6, 6.07) is 12.3. The number of amides is 2. The van der Waals surface area contributed by atoms with Crippen LogP contribution in [0.1, 0.15) is 45.1 Å². The summed E-state index contributed by atoms with van der Waals surface area (Å²) in [5, 5.41) is 2.96. The maximum Gasteiger partial charge on any atom is 0.240 e. The Labute approximate surface area is 207 Å². The standard InChI is InChI=1S/C26H33N3O5S/c1-17-14-21-15-22(12-13-24(21)29(17)18(2)30)35(32,33)27-16-19-8-10-20(11-9-19)26(31)28-23-6-4-5-7-25(23)34-3/h4-7,12-13,15,17,19-20,27H,8-11,14,16H2,1-3H3,(H,28,31)/t17-,19?,20?/m0/s1. The van der Waals surface area contributed by atoms with Crippen molar-refractivity contribution >= 4 is 33.2 Å². The van der Waals surface area contributed by atoms with Crippen LogP contribution in [0.25, 0.3) is 0 Å². The summed E-state index contributed by atoms with van der Waals surface area (Å²) in [7, 11) is -2.09. The lowest BCUT2D eigenvalue weighted by Crippen LogP contribution is -2.34. The number of hydrogen-bond donors (Lipinski definition) is 2. The van der Waals surface area contributed by atoms with Crippen LogP contribution in [0.4, 0.5) is 11.4 Å². The van der Waals surface area contributed by atoms with Gasteiger partial charge in [0.15, 0.2) is 0 Å². The predicted molar refractivity (Wildman–Crippen MR) is 135 cm³/mol. The maximum absolute atomic E-state index is 12.9. The molecule has 2 aromatic rings. The van der Waals surface area contributed by atoms with Gasteiger partial charge in [0.2, 0.25) is 21.8 Å². The highest BCUT2D eigenvalue weighted by atomic mass is 32.2. The van der Waals surface area contributed by atoms with E-state index in [2.05, 4.69) is 10.0 Å². The molecule has 1 aliphatic heterocycles. The molecular formula is C26H33N3O5S. The molecule has 2 amide bonds. The molecule has 2 aliphatic rings. The molecule has 2 N–H and O–H groups in total. The molecule has 4 rings (SSSR count). The highest BCUT2D eigenvalue weighted by Gasteiger charge is 2.31. The van der Waals surface area contributed by atoms with Crippen LogP contribution >= 0.6 is 0 Å². The normalized spacial score (nSPS) is 21.9. The van der Waals surface area contributed by atoms with Gasteiger partial charge in [-0.2, -0.15) is 0 Å². The maximum atomic E-state index is 12.9. The summed E-state index contributed by atoms with van der Waals surface area (Å²) in [5.74, 6) is 0.634. The van der Waals surface area contributed by atoms with Gasteiger partial charge < -0.3 is 15.0 Å². The van der Waals surface area contributed by atoms with E-state index in [9.17, 15) is 18.0 Å². The van der Waals surface area contributed by atoms with Gasteiger partial charge in [0.25, 0.3) is 0 Å². The summed E-state index contributed by atoms with van der Waals surface area (Å²) in [6.07, 6.45) is 3.62. The topological polar surface area (TPSA) is 105 Å². The van der Waals surface area contributed by atoms with Gasteiger partial charge in [0, 0.05) is 31.1 Å². The number of ether oxygens (including phenoxy) is 1. The van der Waals surface area contributed by atoms with Crippen LogP contribution in [0, 0.1) is 11.8 Å². The van der Waals surface area contributed by atoms with Crippen molar-refractivity contribution in [2.24, 2.45) is 11.8 Å². The van der Waals surface area contributed by atoms with Crippen LogP contribution in [0.3, 0.4) is 0 Å². The monoisotopic (exact) mass is 499 g/mol. The summed E-state index contributed by atoms with van der Waals surface area (Å²) in [5.41, 5.74) is 2.32. The minimum Gasteiger partial charge on any atom is -0.495 e. The van der Waals surface area contributed by atoms with Crippen molar-refractivity contribution in [3.63, 3.8) is 0 Å². The van der Waals surface area contributed by atoms with Crippen LogP contribution in [0.5, 0.6) is 5.75 Å². The number of carbonyl (C=O) groups is 2. The fraction of sp³-hybridized carbons (Fsp3) is 0.462. The van der Waals surface area contributed by atoms with Gasteiger partial charge >= 0.3 is 0 Å². The summed E-state index contributed by atoms with van der Waals surface area (Å²) in [6.45, 7) is 3.83. The van der Waals surface area contributed by atoms with E-state index >= 15 is 0 Å². The minimum atomic E-state index is -3.66. The SMILES string of the molecule is COc1ccccc1NC(=O)C1CCC(CNS(=O)(=O)c2ccc3c(c2)C[C@H](C)N3C(C)=O)CC1. The molecule has 0 unspecified atom stereocenters. The lowest BCUT2D eigenvalue weighted by atomic mass is 9.81. The number of carbonyl (C=O) groups excluding carboxylic acids is 2. The smallest absolute Gasteiger partial charge is 0.240 e. The Hall–Kier alpha value is -2.91. The van der Waals surface area contributed by atoms with Crippen LogP contribution in [-0.2, 0) is 26.0 Å². The van der Waals surface area contributed by atoms with Crippen molar-refractivity contribution in [1.82, 2.24) is 4.72 Å². The Kier molecular flexibility index (Phi) is 7.47. The fourth-order valence-electron chi connectivity index (χ4n) is 5.18. The second kappa shape index (κ2) is 10.4. The van der Waals surface area contributed by atoms with E-state index in [1.165, 1.54) is 6.92 Å². The largest absolute Gasteiger partial charge is 0.495 e. The Bertz CT molecular complexity index is 1210. The molecule has 0 bridgehead atoms. The molecule has 0 saturated heterocycles. The van der Waals surface area contributed by atoms with Crippen LogP contribution in [0.2, 0.25) is 0 Å². The zero-order chi connectivity index (χ0) is 25.2. The van der Waals surface area contributed by atoms with E-state index in [1.807, 2.05) is 25.1 Å². The third-order valence-corrected chi connectivity index (χ3v) is 8.48. The number of benzene rings is 2. The van der Waals surface area contributed by atoms with Gasteiger partial charge in [-0.05, 0) is 80.8 Å². The molecular weight excluding hydrogens is 466 g/mol. The number of fused-ring (bicyclic) bond motifs is 1. The fourth-order valence-corrected chi connectivity index (χ4v) is 6.34. The molecule has 2 aromatic carbocycles. The predicted octanol–water partition coefficient (Wildman–Crippen LogP) is 3.72. The number of anilines is 2. The van der Waals surface area contributed by atoms with Crippen molar-refractivity contribution in [2.75, 3.05) is 23.9 Å². The van der Waals surface area contributed by atoms with Crippen molar-refractivity contribution in [3.8, 4) is 5.75 Å². The molecule has 1 saturated carbocycles. The summed E-state index contributed by atoms with van der Waals surface area (Å²) in [4.78, 5) is 26.6. The molecule has 1 aliphatic carbocycles. The number of hydrogen-bond acceptors (Lipinski definition) is 5. The van der Waals surface area contributed by atoms with Gasteiger partial charge in [-0.3, -0.25) is 9.59 Å².